The molecule has 0 aliphatic heterocycles. The normalized spacial score (nSPS) is 10.9. The van der Waals surface area contributed by atoms with E-state index >= 15 is 0 Å². The van der Waals surface area contributed by atoms with E-state index in [2.05, 4.69) is 117 Å². The van der Waals surface area contributed by atoms with Gasteiger partial charge in [0.25, 0.3) is 0 Å². The third-order valence-electron chi connectivity index (χ3n) is 5.12. The summed E-state index contributed by atoms with van der Waals surface area (Å²) in [6.07, 6.45) is 0. The van der Waals surface area contributed by atoms with Crippen LogP contribution in [0, 0.1) is 0 Å². The third-order valence-corrected chi connectivity index (χ3v) is 5.12. The molecule has 0 amide bonds. The maximum Gasteiger partial charge on any atom is -0.0184 e. The lowest BCUT2D eigenvalue weighted by Gasteiger charge is -2.09. The van der Waals surface area contributed by atoms with E-state index < -0.39 is 0 Å². The van der Waals surface area contributed by atoms with Gasteiger partial charge in [0.2, 0.25) is 0 Å². The molecule has 4 rings (SSSR count). The van der Waals surface area contributed by atoms with Crippen LogP contribution < -0.4 is 0 Å². The van der Waals surface area contributed by atoms with Gasteiger partial charge >= 0.3 is 0 Å². The summed E-state index contributed by atoms with van der Waals surface area (Å²) >= 11 is 0. The Hall–Kier alpha value is -3.12. The van der Waals surface area contributed by atoms with Crippen LogP contribution in [0.25, 0.3) is 33.4 Å². The van der Waals surface area contributed by atoms with Gasteiger partial charge in [-0.2, -0.15) is 0 Å². The van der Waals surface area contributed by atoms with Gasteiger partial charge in [0.1, 0.15) is 0 Å². The van der Waals surface area contributed by atoms with Crippen molar-refractivity contribution in [3.05, 3.63) is 109 Å². The minimum Gasteiger partial charge on any atom is -0.0622 e. The highest BCUT2D eigenvalue weighted by atomic mass is 14.1. The van der Waals surface area contributed by atoms with Crippen molar-refractivity contribution in [3.63, 3.8) is 0 Å². The largest absolute Gasteiger partial charge is 0.0622 e. The molecule has 0 fully saturated rings. The minimum atomic E-state index is 0.570. The molecule has 4 aromatic rings. The first-order valence-electron chi connectivity index (χ1n) is 9.57. The molecular weight excluding hydrogens is 324 g/mol. The lowest BCUT2D eigenvalue weighted by Crippen LogP contribution is -1.87. The van der Waals surface area contributed by atoms with Crippen LogP contribution in [0.3, 0.4) is 0 Å². The Morgan fingerprint density at radius 2 is 0.667 bits per heavy atom. The van der Waals surface area contributed by atoms with Crippen LogP contribution >= 0.6 is 0 Å². The van der Waals surface area contributed by atoms with Crippen LogP contribution in [0.15, 0.2) is 103 Å². The molecule has 0 aliphatic carbocycles. The minimum absolute atomic E-state index is 0.570. The summed E-state index contributed by atoms with van der Waals surface area (Å²) in [5, 5.41) is 0. The zero-order chi connectivity index (χ0) is 18.6. The molecule has 4 aromatic carbocycles. The molecule has 0 atom stereocenters. The Bertz CT molecular complexity index is 990. The monoisotopic (exact) mass is 348 g/mol. The highest BCUT2D eigenvalue weighted by molar-refractivity contribution is 5.73. The highest BCUT2D eigenvalue weighted by Gasteiger charge is 2.03. The average Bonchev–Trinajstić information content (AvgIpc) is 2.75. The molecule has 0 saturated carbocycles. The van der Waals surface area contributed by atoms with Crippen molar-refractivity contribution in [2.45, 2.75) is 19.8 Å². The van der Waals surface area contributed by atoms with E-state index in [0.717, 1.165) is 0 Å². The van der Waals surface area contributed by atoms with Crippen molar-refractivity contribution in [2.24, 2.45) is 0 Å². The van der Waals surface area contributed by atoms with Gasteiger partial charge in [-0.05, 0) is 44.9 Å². The molecule has 0 spiro atoms. The number of hydrogen-bond acceptors (Lipinski definition) is 0. The quantitative estimate of drug-likeness (QED) is 0.353. The molecule has 0 aromatic heterocycles. The van der Waals surface area contributed by atoms with E-state index in [-0.39, 0.29) is 0 Å². The van der Waals surface area contributed by atoms with Gasteiger partial charge in [-0.1, -0.05) is 117 Å². The van der Waals surface area contributed by atoms with Crippen molar-refractivity contribution in [2.75, 3.05) is 0 Å². The van der Waals surface area contributed by atoms with Crippen molar-refractivity contribution < 1.29 is 0 Å². The van der Waals surface area contributed by atoms with Gasteiger partial charge < -0.3 is 0 Å². The van der Waals surface area contributed by atoms with Crippen molar-refractivity contribution in [3.8, 4) is 33.4 Å². The van der Waals surface area contributed by atoms with Crippen LogP contribution in [0.5, 0.6) is 0 Å². The Morgan fingerprint density at radius 3 is 1.00 bits per heavy atom. The Morgan fingerprint density at radius 1 is 0.370 bits per heavy atom. The molecule has 0 radical (unpaired) electrons. The van der Waals surface area contributed by atoms with Gasteiger partial charge in [0, 0.05) is 0 Å². The summed E-state index contributed by atoms with van der Waals surface area (Å²) in [5.74, 6) is 0.570. The standard InChI is InChI=1S/C27H24/c1-20(2)21-8-10-24(11-9-21)25-16-18-27(19-17-25)26-14-12-23(13-15-26)22-6-4-3-5-7-22/h3-20H,1-2H3. The second kappa shape index (κ2) is 7.63. The Balaban J connectivity index is 1.55. The summed E-state index contributed by atoms with van der Waals surface area (Å²) < 4.78 is 0. The van der Waals surface area contributed by atoms with Gasteiger partial charge in [0.15, 0.2) is 0 Å². The van der Waals surface area contributed by atoms with Crippen molar-refractivity contribution in [1.82, 2.24) is 0 Å². The van der Waals surface area contributed by atoms with Gasteiger partial charge in [0.05, 0.1) is 0 Å². The molecule has 0 nitrogen and oxygen atoms in total. The summed E-state index contributed by atoms with van der Waals surface area (Å²) in [4.78, 5) is 0. The summed E-state index contributed by atoms with van der Waals surface area (Å²) in [6.45, 7) is 4.46. The molecule has 0 heterocycles. The summed E-state index contributed by atoms with van der Waals surface area (Å²) in [7, 11) is 0. The summed E-state index contributed by atoms with van der Waals surface area (Å²) in [6, 6.07) is 37.1. The van der Waals surface area contributed by atoms with Crippen molar-refractivity contribution >= 4 is 0 Å². The Labute approximate surface area is 162 Å². The van der Waals surface area contributed by atoms with E-state index in [1.807, 2.05) is 0 Å². The van der Waals surface area contributed by atoms with Crippen LogP contribution in [0.4, 0.5) is 0 Å². The molecule has 27 heavy (non-hydrogen) atoms. The molecule has 132 valence electrons. The third kappa shape index (κ3) is 3.85. The first-order chi connectivity index (χ1) is 13.2. The molecule has 0 N–H and O–H groups in total. The van der Waals surface area contributed by atoms with Crippen LogP contribution in [-0.2, 0) is 0 Å². The lowest BCUT2D eigenvalue weighted by atomic mass is 9.96. The zero-order valence-corrected chi connectivity index (χ0v) is 15.9. The second-order valence-corrected chi connectivity index (χ2v) is 7.30. The van der Waals surface area contributed by atoms with Crippen LogP contribution in [-0.4, -0.2) is 0 Å². The molecule has 0 bridgehead atoms. The number of benzene rings is 4. The second-order valence-electron chi connectivity index (χ2n) is 7.30. The van der Waals surface area contributed by atoms with Gasteiger partial charge in [-0.15, -0.1) is 0 Å². The smallest absolute Gasteiger partial charge is 0.0184 e. The topological polar surface area (TPSA) is 0 Å². The first kappa shape index (κ1) is 17.3. The molecule has 0 unspecified atom stereocenters. The van der Waals surface area contributed by atoms with E-state index in [1.54, 1.807) is 0 Å². The van der Waals surface area contributed by atoms with Gasteiger partial charge in [-0.25, -0.2) is 0 Å². The van der Waals surface area contributed by atoms with E-state index in [4.69, 9.17) is 0 Å². The van der Waals surface area contributed by atoms with E-state index in [0.29, 0.717) is 5.92 Å². The predicted molar refractivity (Wildman–Crippen MR) is 117 cm³/mol. The maximum atomic E-state index is 2.23. The summed E-state index contributed by atoms with van der Waals surface area (Å²) in [5.41, 5.74) is 8.91. The number of rotatable bonds is 4. The average molecular weight is 348 g/mol. The van der Waals surface area contributed by atoms with Crippen LogP contribution in [0.2, 0.25) is 0 Å². The maximum absolute atomic E-state index is 2.23. The van der Waals surface area contributed by atoms with Crippen molar-refractivity contribution in [1.29, 1.82) is 0 Å². The molecule has 0 saturated heterocycles. The molecular formula is C27H24. The SMILES string of the molecule is CC(C)c1ccc(-c2ccc(-c3ccc(-c4ccccc4)cc3)cc2)cc1. The fourth-order valence-corrected chi connectivity index (χ4v) is 3.40. The van der Waals surface area contributed by atoms with E-state index in [1.165, 1.54) is 38.9 Å². The zero-order valence-electron chi connectivity index (χ0n) is 15.9. The molecule has 0 heteroatoms. The molecule has 0 aliphatic rings. The van der Waals surface area contributed by atoms with E-state index in [9.17, 15) is 0 Å². The van der Waals surface area contributed by atoms with Crippen LogP contribution in [0.1, 0.15) is 25.3 Å². The highest BCUT2D eigenvalue weighted by Crippen LogP contribution is 2.28. The number of hydrogen-bond donors (Lipinski definition) is 0. The first-order valence-corrected chi connectivity index (χ1v) is 9.57. The predicted octanol–water partition coefficient (Wildman–Crippen LogP) is 7.81. The van der Waals surface area contributed by atoms with Gasteiger partial charge in [-0.3, -0.25) is 0 Å². The Kier molecular flexibility index (Phi) is 4.89. The lowest BCUT2D eigenvalue weighted by molar-refractivity contribution is 0.867. The fraction of sp³-hybridized carbons (Fsp3) is 0.111. The fourth-order valence-electron chi connectivity index (χ4n) is 3.40.